The summed E-state index contributed by atoms with van der Waals surface area (Å²) in [6.07, 6.45) is 0. The van der Waals surface area contributed by atoms with Crippen molar-refractivity contribution in [2.24, 2.45) is 5.14 Å². The number of hydrogen-bond acceptors (Lipinski definition) is 5. The standard InChI is InChI=1S/C17H15N3O3S2/c18-25(22,23)14-8-6-12(7-9-14)10-19-16(21)15-11-24-17(20-15)13-4-2-1-3-5-13/h1-9,11H,10H2,(H,19,21)(H2,18,22,23). The first kappa shape index (κ1) is 17.3. The Balaban J connectivity index is 1.64. The number of nitrogens with zero attached hydrogens (tertiary/aromatic N) is 1. The largest absolute Gasteiger partial charge is 0.347 e. The Labute approximate surface area is 149 Å². The molecule has 6 nitrogen and oxygen atoms in total. The third-order valence-corrected chi connectivity index (χ3v) is 5.28. The molecule has 2 aromatic carbocycles. The molecule has 25 heavy (non-hydrogen) atoms. The van der Waals surface area contributed by atoms with Crippen LogP contribution in [0.15, 0.2) is 64.9 Å². The molecule has 0 saturated carbocycles. The number of hydrogen-bond donors (Lipinski definition) is 2. The first-order valence-electron chi connectivity index (χ1n) is 7.34. The highest BCUT2D eigenvalue weighted by atomic mass is 32.2. The van der Waals surface area contributed by atoms with Crippen LogP contribution in [0.5, 0.6) is 0 Å². The van der Waals surface area contributed by atoms with Crippen LogP contribution in [0.25, 0.3) is 10.6 Å². The Kier molecular flexibility index (Phi) is 4.93. The first-order valence-corrected chi connectivity index (χ1v) is 9.77. The predicted octanol–water partition coefficient (Wildman–Crippen LogP) is 2.39. The van der Waals surface area contributed by atoms with Crippen molar-refractivity contribution in [1.82, 2.24) is 10.3 Å². The van der Waals surface area contributed by atoms with Gasteiger partial charge in [-0.05, 0) is 17.7 Å². The van der Waals surface area contributed by atoms with E-state index in [1.54, 1.807) is 17.5 Å². The average Bonchev–Trinajstić information content (AvgIpc) is 3.10. The number of benzene rings is 2. The van der Waals surface area contributed by atoms with Crippen molar-refractivity contribution in [3.8, 4) is 10.6 Å². The Morgan fingerprint density at radius 2 is 1.76 bits per heavy atom. The maximum absolute atomic E-state index is 12.2. The lowest BCUT2D eigenvalue weighted by atomic mass is 10.2. The molecule has 1 aromatic heterocycles. The van der Waals surface area contributed by atoms with Crippen LogP contribution < -0.4 is 10.5 Å². The van der Waals surface area contributed by atoms with E-state index in [1.807, 2.05) is 30.3 Å². The van der Waals surface area contributed by atoms with E-state index in [2.05, 4.69) is 10.3 Å². The van der Waals surface area contributed by atoms with Crippen molar-refractivity contribution >= 4 is 27.3 Å². The van der Waals surface area contributed by atoms with Gasteiger partial charge in [0.15, 0.2) is 0 Å². The van der Waals surface area contributed by atoms with Gasteiger partial charge in [-0.1, -0.05) is 42.5 Å². The minimum atomic E-state index is -3.71. The Hall–Kier alpha value is -2.55. The number of primary sulfonamides is 1. The third kappa shape index (κ3) is 4.30. The first-order chi connectivity index (χ1) is 11.9. The van der Waals surface area contributed by atoms with Gasteiger partial charge in [-0.3, -0.25) is 4.79 Å². The molecule has 0 spiro atoms. The fourth-order valence-corrected chi connectivity index (χ4v) is 3.48. The molecule has 3 rings (SSSR count). The van der Waals surface area contributed by atoms with Gasteiger partial charge in [0.25, 0.3) is 5.91 Å². The molecule has 0 atom stereocenters. The van der Waals surface area contributed by atoms with E-state index in [0.717, 1.165) is 16.1 Å². The Morgan fingerprint density at radius 3 is 2.40 bits per heavy atom. The van der Waals surface area contributed by atoms with E-state index in [4.69, 9.17) is 5.14 Å². The van der Waals surface area contributed by atoms with Crippen LogP contribution in [-0.4, -0.2) is 19.3 Å². The maximum Gasteiger partial charge on any atom is 0.271 e. The molecule has 0 aliphatic carbocycles. The van der Waals surface area contributed by atoms with Gasteiger partial charge < -0.3 is 5.32 Å². The fourth-order valence-electron chi connectivity index (χ4n) is 2.16. The molecular formula is C17H15N3O3S2. The number of carbonyl (C=O) groups excluding carboxylic acids is 1. The zero-order valence-electron chi connectivity index (χ0n) is 13.0. The summed E-state index contributed by atoms with van der Waals surface area (Å²) in [5.41, 5.74) is 2.08. The number of amides is 1. The second-order valence-corrected chi connectivity index (χ2v) is 7.70. The summed E-state index contributed by atoms with van der Waals surface area (Å²) in [6, 6.07) is 15.7. The van der Waals surface area contributed by atoms with Crippen molar-refractivity contribution in [1.29, 1.82) is 0 Å². The van der Waals surface area contributed by atoms with E-state index in [0.29, 0.717) is 5.69 Å². The molecule has 0 bridgehead atoms. The highest BCUT2D eigenvalue weighted by molar-refractivity contribution is 7.89. The van der Waals surface area contributed by atoms with Crippen LogP contribution >= 0.6 is 11.3 Å². The number of carbonyl (C=O) groups is 1. The van der Waals surface area contributed by atoms with E-state index in [-0.39, 0.29) is 17.3 Å². The van der Waals surface area contributed by atoms with Gasteiger partial charge in [0, 0.05) is 17.5 Å². The number of aromatic nitrogens is 1. The highest BCUT2D eigenvalue weighted by Gasteiger charge is 2.12. The van der Waals surface area contributed by atoms with Gasteiger partial charge in [-0.2, -0.15) is 0 Å². The lowest BCUT2D eigenvalue weighted by molar-refractivity contribution is 0.0946. The molecule has 0 fully saturated rings. The summed E-state index contributed by atoms with van der Waals surface area (Å²) in [6.45, 7) is 0.266. The van der Waals surface area contributed by atoms with E-state index < -0.39 is 10.0 Å². The van der Waals surface area contributed by atoms with Gasteiger partial charge in [0.2, 0.25) is 10.0 Å². The molecule has 0 aliphatic rings. The monoisotopic (exact) mass is 373 g/mol. The SMILES string of the molecule is NS(=O)(=O)c1ccc(CNC(=O)c2csc(-c3ccccc3)n2)cc1. The predicted molar refractivity (Wildman–Crippen MR) is 96.5 cm³/mol. The fraction of sp³-hybridized carbons (Fsp3) is 0.0588. The van der Waals surface area contributed by atoms with E-state index >= 15 is 0 Å². The second-order valence-electron chi connectivity index (χ2n) is 5.28. The summed E-state index contributed by atoms with van der Waals surface area (Å²) >= 11 is 1.40. The van der Waals surface area contributed by atoms with Crippen molar-refractivity contribution in [2.75, 3.05) is 0 Å². The van der Waals surface area contributed by atoms with Crippen molar-refractivity contribution in [3.63, 3.8) is 0 Å². The molecule has 3 N–H and O–H groups in total. The van der Waals surface area contributed by atoms with Crippen molar-refractivity contribution in [3.05, 3.63) is 71.2 Å². The van der Waals surface area contributed by atoms with Gasteiger partial charge >= 0.3 is 0 Å². The summed E-state index contributed by atoms with van der Waals surface area (Å²) in [5, 5.41) is 10.3. The Morgan fingerprint density at radius 1 is 1.08 bits per heavy atom. The zero-order valence-corrected chi connectivity index (χ0v) is 14.7. The van der Waals surface area contributed by atoms with Gasteiger partial charge in [0.1, 0.15) is 10.7 Å². The average molecular weight is 373 g/mol. The Bertz CT molecular complexity index is 981. The van der Waals surface area contributed by atoms with Crippen LogP contribution in [-0.2, 0) is 16.6 Å². The smallest absolute Gasteiger partial charge is 0.271 e. The molecule has 0 aliphatic heterocycles. The molecule has 1 heterocycles. The maximum atomic E-state index is 12.2. The van der Waals surface area contributed by atoms with Crippen LogP contribution in [0.1, 0.15) is 16.1 Å². The second kappa shape index (κ2) is 7.14. The summed E-state index contributed by atoms with van der Waals surface area (Å²) in [5.74, 6) is -0.283. The van der Waals surface area contributed by atoms with Crippen LogP contribution in [0.2, 0.25) is 0 Å². The summed E-state index contributed by atoms with van der Waals surface area (Å²) < 4.78 is 22.4. The van der Waals surface area contributed by atoms with Gasteiger partial charge in [-0.15, -0.1) is 11.3 Å². The number of rotatable bonds is 5. The quantitative estimate of drug-likeness (QED) is 0.717. The van der Waals surface area contributed by atoms with E-state index in [1.165, 1.54) is 23.5 Å². The third-order valence-electron chi connectivity index (χ3n) is 3.46. The van der Waals surface area contributed by atoms with Crippen molar-refractivity contribution in [2.45, 2.75) is 11.4 Å². The molecule has 128 valence electrons. The van der Waals surface area contributed by atoms with E-state index in [9.17, 15) is 13.2 Å². The number of nitrogens with one attached hydrogen (secondary N) is 1. The molecule has 1 amide bonds. The van der Waals surface area contributed by atoms with Crippen LogP contribution in [0.3, 0.4) is 0 Å². The highest BCUT2D eigenvalue weighted by Crippen LogP contribution is 2.23. The molecule has 0 saturated heterocycles. The number of thiazole rings is 1. The van der Waals surface area contributed by atoms with Crippen LogP contribution in [0, 0.1) is 0 Å². The molecule has 0 radical (unpaired) electrons. The normalized spacial score (nSPS) is 11.2. The van der Waals surface area contributed by atoms with Gasteiger partial charge in [0.05, 0.1) is 4.90 Å². The molecule has 0 unspecified atom stereocenters. The minimum absolute atomic E-state index is 0.0366. The molecule has 3 aromatic rings. The molecular weight excluding hydrogens is 358 g/mol. The summed E-state index contributed by atoms with van der Waals surface area (Å²) in [7, 11) is -3.71. The number of sulfonamides is 1. The molecule has 8 heteroatoms. The van der Waals surface area contributed by atoms with Crippen LogP contribution in [0.4, 0.5) is 0 Å². The topological polar surface area (TPSA) is 102 Å². The lowest BCUT2D eigenvalue weighted by Gasteiger charge is -2.04. The minimum Gasteiger partial charge on any atom is -0.347 e. The number of nitrogens with two attached hydrogens (primary N) is 1. The summed E-state index contributed by atoms with van der Waals surface area (Å²) in [4.78, 5) is 16.6. The lowest BCUT2D eigenvalue weighted by Crippen LogP contribution is -2.23. The zero-order chi connectivity index (χ0) is 17.9. The van der Waals surface area contributed by atoms with Gasteiger partial charge in [-0.25, -0.2) is 18.5 Å². The van der Waals surface area contributed by atoms with Crippen molar-refractivity contribution < 1.29 is 13.2 Å².